The predicted octanol–water partition coefficient (Wildman–Crippen LogP) is 3.44. The highest BCUT2D eigenvalue weighted by atomic mass is 32.1. The van der Waals surface area contributed by atoms with E-state index in [2.05, 4.69) is 22.1 Å². The molecule has 0 aliphatic carbocycles. The number of aromatic nitrogens is 3. The van der Waals surface area contributed by atoms with Crippen LogP contribution < -0.4 is 9.47 Å². The summed E-state index contributed by atoms with van der Waals surface area (Å²) in [6, 6.07) is 14.2. The number of hydrogen-bond donors (Lipinski definition) is 0. The van der Waals surface area contributed by atoms with E-state index in [9.17, 15) is 0 Å². The van der Waals surface area contributed by atoms with Crippen molar-refractivity contribution in [2.24, 2.45) is 0 Å². The van der Waals surface area contributed by atoms with Crippen molar-refractivity contribution in [3.05, 3.63) is 64.7 Å². The third kappa shape index (κ3) is 3.48. The number of rotatable bonds is 5. The summed E-state index contributed by atoms with van der Waals surface area (Å²) in [5, 5.41) is 4.49. The first-order chi connectivity index (χ1) is 13.2. The monoisotopic (exact) mass is 382 g/mol. The van der Waals surface area contributed by atoms with Gasteiger partial charge in [-0.15, -0.1) is 0 Å². The van der Waals surface area contributed by atoms with Gasteiger partial charge >= 0.3 is 0 Å². The Balaban J connectivity index is 1.54. The van der Waals surface area contributed by atoms with E-state index in [4.69, 9.17) is 21.7 Å². The second-order valence-electron chi connectivity index (χ2n) is 6.54. The van der Waals surface area contributed by atoms with Gasteiger partial charge in [-0.1, -0.05) is 18.2 Å². The first-order valence-corrected chi connectivity index (χ1v) is 9.26. The smallest absolute Gasteiger partial charge is 0.203 e. The molecule has 0 unspecified atom stereocenters. The van der Waals surface area contributed by atoms with Crippen LogP contribution in [0.4, 0.5) is 0 Å². The van der Waals surface area contributed by atoms with Crippen LogP contribution in [-0.2, 0) is 19.6 Å². The standard InChI is InChI=1S/C20H22N4O2S/c1-25-18-10-15-8-9-22(12-16(15)11-19(18)26-2)14-24-20(27)23(13-21-24)17-6-4-3-5-7-17/h3-7,10-11,13H,8-9,12,14H2,1-2H3. The Morgan fingerprint density at radius 2 is 1.74 bits per heavy atom. The fourth-order valence-electron chi connectivity index (χ4n) is 3.45. The van der Waals surface area contributed by atoms with Crippen LogP contribution in [0.1, 0.15) is 11.1 Å². The summed E-state index contributed by atoms with van der Waals surface area (Å²) >= 11 is 5.63. The Hall–Kier alpha value is -2.64. The van der Waals surface area contributed by atoms with Crippen LogP contribution in [0, 0.1) is 4.77 Å². The van der Waals surface area contributed by atoms with Gasteiger partial charge in [-0.05, 0) is 54.0 Å². The zero-order valence-corrected chi connectivity index (χ0v) is 16.3. The van der Waals surface area contributed by atoms with Crippen molar-refractivity contribution in [1.82, 2.24) is 19.2 Å². The van der Waals surface area contributed by atoms with Crippen LogP contribution in [0.3, 0.4) is 0 Å². The van der Waals surface area contributed by atoms with Crippen LogP contribution in [0.25, 0.3) is 5.69 Å². The minimum Gasteiger partial charge on any atom is -0.493 e. The maximum absolute atomic E-state index is 5.63. The molecule has 0 spiro atoms. The number of methoxy groups -OCH3 is 2. The number of benzene rings is 2. The van der Waals surface area contributed by atoms with Crippen LogP contribution in [0.2, 0.25) is 0 Å². The van der Waals surface area contributed by atoms with Gasteiger partial charge in [0.2, 0.25) is 4.77 Å². The van der Waals surface area contributed by atoms with E-state index in [1.54, 1.807) is 20.5 Å². The van der Waals surface area contributed by atoms with Crippen molar-refractivity contribution >= 4 is 12.2 Å². The van der Waals surface area contributed by atoms with Crippen molar-refractivity contribution in [3.8, 4) is 17.2 Å². The predicted molar refractivity (Wildman–Crippen MR) is 106 cm³/mol. The van der Waals surface area contributed by atoms with Gasteiger partial charge in [0.05, 0.1) is 20.9 Å². The summed E-state index contributed by atoms with van der Waals surface area (Å²) in [7, 11) is 3.34. The summed E-state index contributed by atoms with van der Waals surface area (Å²) in [5.74, 6) is 1.55. The fourth-order valence-corrected chi connectivity index (χ4v) is 3.71. The molecule has 1 aliphatic rings. The van der Waals surface area contributed by atoms with Gasteiger partial charge in [0.15, 0.2) is 11.5 Å². The topological polar surface area (TPSA) is 44.5 Å². The number of ether oxygens (including phenoxy) is 2. The van der Waals surface area contributed by atoms with E-state index < -0.39 is 0 Å². The highest BCUT2D eigenvalue weighted by Crippen LogP contribution is 2.33. The molecule has 7 heteroatoms. The van der Waals surface area contributed by atoms with Gasteiger partial charge in [0, 0.05) is 18.8 Å². The SMILES string of the molecule is COc1cc2c(cc1OC)CN(Cn1ncn(-c3ccccc3)c1=S)CC2. The van der Waals surface area contributed by atoms with E-state index in [0.29, 0.717) is 11.4 Å². The molecule has 27 heavy (non-hydrogen) atoms. The Labute approximate surface area is 163 Å². The third-order valence-electron chi connectivity index (χ3n) is 4.90. The highest BCUT2D eigenvalue weighted by Gasteiger charge is 2.20. The van der Waals surface area contributed by atoms with E-state index in [0.717, 1.165) is 36.7 Å². The van der Waals surface area contributed by atoms with Gasteiger partial charge < -0.3 is 9.47 Å². The summed E-state index contributed by atoms with van der Waals surface area (Å²) in [6.45, 7) is 2.44. The molecule has 0 bridgehead atoms. The van der Waals surface area contributed by atoms with Gasteiger partial charge in [-0.2, -0.15) is 5.10 Å². The van der Waals surface area contributed by atoms with E-state index in [1.165, 1.54) is 11.1 Å². The lowest BCUT2D eigenvalue weighted by Gasteiger charge is -2.29. The number of hydrogen-bond acceptors (Lipinski definition) is 5. The van der Waals surface area contributed by atoms with E-state index in [-0.39, 0.29) is 0 Å². The van der Waals surface area contributed by atoms with E-state index >= 15 is 0 Å². The maximum Gasteiger partial charge on any atom is 0.203 e. The van der Waals surface area contributed by atoms with Gasteiger partial charge in [0.1, 0.15) is 6.33 Å². The molecule has 0 N–H and O–H groups in total. The second kappa shape index (κ2) is 7.54. The first kappa shape index (κ1) is 17.8. The van der Waals surface area contributed by atoms with Gasteiger partial charge in [0.25, 0.3) is 0 Å². The second-order valence-corrected chi connectivity index (χ2v) is 6.90. The minimum atomic E-state index is 0.659. The summed E-state index contributed by atoms with van der Waals surface area (Å²) < 4.78 is 15.4. The zero-order valence-electron chi connectivity index (χ0n) is 15.5. The summed E-state index contributed by atoms with van der Waals surface area (Å²) in [6.07, 6.45) is 2.74. The lowest BCUT2D eigenvalue weighted by atomic mass is 9.99. The molecule has 1 aliphatic heterocycles. The molecular formula is C20H22N4O2S. The van der Waals surface area contributed by atoms with Crippen molar-refractivity contribution < 1.29 is 9.47 Å². The molecule has 0 saturated heterocycles. The van der Waals surface area contributed by atoms with Crippen molar-refractivity contribution in [2.45, 2.75) is 19.6 Å². The Bertz CT molecular complexity index is 997. The van der Waals surface area contributed by atoms with E-state index in [1.807, 2.05) is 39.6 Å². The summed E-state index contributed by atoms with van der Waals surface area (Å²) in [4.78, 5) is 2.34. The Morgan fingerprint density at radius 1 is 1.04 bits per heavy atom. The van der Waals surface area contributed by atoms with Crippen LogP contribution in [-0.4, -0.2) is 40.0 Å². The molecule has 0 saturated carbocycles. The molecule has 140 valence electrons. The lowest BCUT2D eigenvalue weighted by molar-refractivity contribution is 0.187. The number of nitrogens with zero attached hydrogens (tertiary/aromatic N) is 4. The number of fused-ring (bicyclic) bond motifs is 1. The first-order valence-electron chi connectivity index (χ1n) is 8.85. The third-order valence-corrected chi connectivity index (χ3v) is 5.31. The van der Waals surface area contributed by atoms with Crippen molar-refractivity contribution in [3.63, 3.8) is 0 Å². The minimum absolute atomic E-state index is 0.659. The fraction of sp³-hybridized carbons (Fsp3) is 0.300. The van der Waals surface area contributed by atoms with Crippen LogP contribution in [0.15, 0.2) is 48.8 Å². The van der Waals surface area contributed by atoms with Crippen molar-refractivity contribution in [1.29, 1.82) is 0 Å². The Kier molecular flexibility index (Phi) is 4.96. The van der Waals surface area contributed by atoms with Gasteiger partial charge in [-0.25, -0.2) is 4.68 Å². The molecule has 6 nitrogen and oxygen atoms in total. The molecule has 4 rings (SSSR count). The average Bonchev–Trinajstić information content (AvgIpc) is 3.07. The highest BCUT2D eigenvalue weighted by molar-refractivity contribution is 7.71. The zero-order chi connectivity index (χ0) is 18.8. The molecular weight excluding hydrogens is 360 g/mol. The average molecular weight is 382 g/mol. The molecule has 0 atom stereocenters. The van der Waals surface area contributed by atoms with Crippen molar-refractivity contribution in [2.75, 3.05) is 20.8 Å². The molecule has 0 amide bonds. The molecule has 2 aromatic carbocycles. The van der Waals surface area contributed by atoms with Gasteiger partial charge in [-0.3, -0.25) is 9.47 Å². The normalized spacial score (nSPS) is 14.0. The Morgan fingerprint density at radius 3 is 2.44 bits per heavy atom. The number of para-hydroxylation sites is 1. The molecule has 3 aromatic rings. The van der Waals surface area contributed by atoms with Crippen LogP contribution in [0.5, 0.6) is 11.5 Å². The maximum atomic E-state index is 5.63. The van der Waals surface area contributed by atoms with Crippen LogP contribution >= 0.6 is 12.2 Å². The summed E-state index contributed by atoms with van der Waals surface area (Å²) in [5.41, 5.74) is 3.59. The quantitative estimate of drug-likeness (QED) is 0.633. The molecule has 0 radical (unpaired) electrons. The molecule has 1 aromatic heterocycles. The molecule has 2 heterocycles. The molecule has 0 fully saturated rings. The largest absolute Gasteiger partial charge is 0.493 e. The lowest BCUT2D eigenvalue weighted by Crippen LogP contribution is -2.32.